The molecule has 0 aliphatic rings. The van der Waals surface area contributed by atoms with Crippen LogP contribution in [0.3, 0.4) is 0 Å². The van der Waals surface area contributed by atoms with Gasteiger partial charge in [-0.15, -0.1) is 11.3 Å². The van der Waals surface area contributed by atoms with Crippen LogP contribution < -0.4 is 5.56 Å². The first kappa shape index (κ1) is 11.9. The Morgan fingerprint density at radius 3 is 2.68 bits per heavy atom. The van der Waals surface area contributed by atoms with E-state index in [-0.39, 0.29) is 5.56 Å². The van der Waals surface area contributed by atoms with Gasteiger partial charge in [-0.25, -0.2) is 4.98 Å². The lowest BCUT2D eigenvalue weighted by Gasteiger charge is -2.07. The quantitative estimate of drug-likeness (QED) is 0.773. The molecule has 0 aliphatic carbocycles. The van der Waals surface area contributed by atoms with Gasteiger partial charge in [0.2, 0.25) is 0 Å². The van der Waals surface area contributed by atoms with Crippen molar-refractivity contribution in [2.45, 2.75) is 6.92 Å². The Balaban J connectivity index is 2.17. The summed E-state index contributed by atoms with van der Waals surface area (Å²) in [5.41, 5.74) is 3.45. The molecule has 0 atom stereocenters. The number of hydrogen-bond acceptors (Lipinski definition) is 3. The normalized spacial score (nSPS) is 10.6. The number of H-pyrrole nitrogens is 1. The van der Waals surface area contributed by atoms with Crippen molar-refractivity contribution in [1.29, 1.82) is 0 Å². The lowest BCUT2D eigenvalue weighted by Crippen LogP contribution is -2.11. The van der Waals surface area contributed by atoms with Crippen molar-refractivity contribution in [3.63, 3.8) is 0 Å². The number of hydrogen-bond donors (Lipinski definition) is 1. The van der Waals surface area contributed by atoms with Gasteiger partial charge in [0.15, 0.2) is 0 Å². The number of aryl methyl sites for hydroxylation is 1. The van der Waals surface area contributed by atoms with Gasteiger partial charge in [0.25, 0.3) is 5.56 Å². The zero-order chi connectivity index (χ0) is 13.2. The van der Waals surface area contributed by atoms with Gasteiger partial charge in [-0.05, 0) is 24.1 Å². The van der Waals surface area contributed by atoms with E-state index in [0.29, 0.717) is 5.56 Å². The minimum atomic E-state index is -0.0978. The van der Waals surface area contributed by atoms with Crippen molar-refractivity contribution in [3.8, 4) is 21.8 Å². The van der Waals surface area contributed by atoms with Crippen LogP contribution >= 0.6 is 11.3 Å². The van der Waals surface area contributed by atoms with Crippen molar-refractivity contribution in [3.05, 3.63) is 63.9 Å². The molecule has 94 valence electrons. The molecule has 0 unspecified atom stereocenters. The van der Waals surface area contributed by atoms with Crippen LogP contribution in [0.25, 0.3) is 21.8 Å². The summed E-state index contributed by atoms with van der Waals surface area (Å²) < 4.78 is 0. The number of aromatic amines is 1. The Kier molecular flexibility index (Phi) is 3.01. The minimum absolute atomic E-state index is 0.0978. The van der Waals surface area contributed by atoms with Crippen LogP contribution in [0.15, 0.2) is 52.8 Å². The first-order valence-corrected chi connectivity index (χ1v) is 6.83. The smallest absolute Gasteiger partial charge is 0.258 e. The first-order chi connectivity index (χ1) is 9.25. The van der Waals surface area contributed by atoms with Crippen LogP contribution in [0.4, 0.5) is 0 Å². The minimum Gasteiger partial charge on any atom is -0.321 e. The maximum Gasteiger partial charge on any atom is 0.258 e. The molecule has 0 aliphatic heterocycles. The van der Waals surface area contributed by atoms with Crippen molar-refractivity contribution in [1.82, 2.24) is 9.97 Å². The third-order valence-electron chi connectivity index (χ3n) is 2.96. The van der Waals surface area contributed by atoms with Gasteiger partial charge in [-0.2, -0.15) is 0 Å². The molecule has 19 heavy (non-hydrogen) atoms. The fraction of sp³-hybridized carbons (Fsp3) is 0.0667. The molecule has 0 saturated carbocycles. The summed E-state index contributed by atoms with van der Waals surface area (Å²) in [7, 11) is 0. The Bertz CT molecular complexity index is 746. The molecule has 3 aromatic rings. The average Bonchev–Trinajstić information content (AvgIpc) is 2.96. The highest BCUT2D eigenvalue weighted by Gasteiger charge is 2.10. The zero-order valence-electron chi connectivity index (χ0n) is 10.4. The number of aromatic nitrogens is 2. The third-order valence-corrected chi connectivity index (χ3v) is 3.77. The topological polar surface area (TPSA) is 45.8 Å². The van der Waals surface area contributed by atoms with E-state index in [4.69, 9.17) is 0 Å². The molecule has 0 spiro atoms. The first-order valence-electron chi connectivity index (χ1n) is 5.95. The number of benzene rings is 1. The average molecular weight is 268 g/mol. The van der Waals surface area contributed by atoms with Crippen LogP contribution in [0.2, 0.25) is 0 Å². The van der Waals surface area contributed by atoms with Crippen molar-refractivity contribution in [2.75, 3.05) is 0 Å². The molecule has 3 rings (SSSR count). The highest BCUT2D eigenvalue weighted by molar-refractivity contribution is 7.13. The number of pyridine rings is 1. The molecule has 0 fully saturated rings. The van der Waals surface area contributed by atoms with E-state index >= 15 is 0 Å². The Hall–Kier alpha value is -2.20. The molecule has 1 N–H and O–H groups in total. The molecule has 0 saturated heterocycles. The van der Waals surface area contributed by atoms with Crippen LogP contribution in [-0.4, -0.2) is 9.97 Å². The van der Waals surface area contributed by atoms with Crippen molar-refractivity contribution < 1.29 is 0 Å². The molecular formula is C15H12N2OS. The fourth-order valence-electron chi connectivity index (χ4n) is 2.05. The SMILES string of the molecule is Cc1cc(-c2nccs2)c(=O)[nH]c1-c1ccccc1. The Morgan fingerprint density at radius 1 is 1.21 bits per heavy atom. The highest BCUT2D eigenvalue weighted by Crippen LogP contribution is 2.24. The standard InChI is InChI=1S/C15H12N2OS/c1-10-9-12(15-16-7-8-19-15)14(18)17-13(10)11-5-3-2-4-6-11/h2-9H,1H3,(H,17,18). The maximum absolute atomic E-state index is 12.2. The summed E-state index contributed by atoms with van der Waals surface area (Å²) in [4.78, 5) is 19.3. The van der Waals surface area contributed by atoms with Gasteiger partial charge < -0.3 is 4.98 Å². The van der Waals surface area contributed by atoms with E-state index in [1.165, 1.54) is 11.3 Å². The van der Waals surface area contributed by atoms with E-state index in [0.717, 1.165) is 21.8 Å². The number of nitrogens with zero attached hydrogens (tertiary/aromatic N) is 1. The predicted molar refractivity (Wildman–Crippen MR) is 78.3 cm³/mol. The number of nitrogens with one attached hydrogen (secondary N) is 1. The highest BCUT2D eigenvalue weighted by atomic mass is 32.1. The van der Waals surface area contributed by atoms with E-state index < -0.39 is 0 Å². The molecule has 0 radical (unpaired) electrons. The van der Waals surface area contributed by atoms with E-state index in [1.54, 1.807) is 6.20 Å². The molecule has 0 bridgehead atoms. The van der Waals surface area contributed by atoms with Gasteiger partial charge in [-0.3, -0.25) is 4.79 Å². The molecule has 2 aromatic heterocycles. The molecule has 3 nitrogen and oxygen atoms in total. The summed E-state index contributed by atoms with van der Waals surface area (Å²) in [6.45, 7) is 2.00. The summed E-state index contributed by atoms with van der Waals surface area (Å²) in [6, 6.07) is 11.8. The van der Waals surface area contributed by atoms with E-state index in [9.17, 15) is 4.79 Å². The summed E-state index contributed by atoms with van der Waals surface area (Å²) in [5.74, 6) is 0. The van der Waals surface area contributed by atoms with Gasteiger partial charge >= 0.3 is 0 Å². The second kappa shape index (κ2) is 4.82. The second-order valence-electron chi connectivity index (χ2n) is 4.27. The largest absolute Gasteiger partial charge is 0.321 e. The van der Waals surface area contributed by atoms with Crippen LogP contribution in [0.5, 0.6) is 0 Å². The van der Waals surface area contributed by atoms with Gasteiger partial charge in [0.05, 0.1) is 11.3 Å². The molecule has 1 aromatic carbocycles. The van der Waals surface area contributed by atoms with E-state index in [1.807, 2.05) is 48.7 Å². The lowest BCUT2D eigenvalue weighted by atomic mass is 10.1. The Labute approximate surface area is 114 Å². The van der Waals surface area contributed by atoms with E-state index in [2.05, 4.69) is 9.97 Å². The maximum atomic E-state index is 12.2. The van der Waals surface area contributed by atoms with Gasteiger partial charge in [0.1, 0.15) is 5.01 Å². The summed E-state index contributed by atoms with van der Waals surface area (Å²) in [6.07, 6.45) is 1.71. The third kappa shape index (κ3) is 2.22. The summed E-state index contributed by atoms with van der Waals surface area (Å²) in [5, 5.41) is 2.62. The van der Waals surface area contributed by atoms with Crippen molar-refractivity contribution in [2.24, 2.45) is 0 Å². The summed E-state index contributed by atoms with van der Waals surface area (Å²) >= 11 is 1.47. The molecular weight excluding hydrogens is 256 g/mol. The van der Waals surface area contributed by atoms with Crippen LogP contribution in [0.1, 0.15) is 5.56 Å². The number of thiazole rings is 1. The molecule has 0 amide bonds. The zero-order valence-corrected chi connectivity index (χ0v) is 11.2. The Morgan fingerprint density at radius 2 is 2.00 bits per heavy atom. The van der Waals surface area contributed by atoms with Crippen molar-refractivity contribution >= 4 is 11.3 Å². The predicted octanol–water partition coefficient (Wildman–Crippen LogP) is 3.47. The molecule has 4 heteroatoms. The van der Waals surface area contributed by atoms with Gasteiger partial charge in [-0.1, -0.05) is 30.3 Å². The fourth-order valence-corrected chi connectivity index (χ4v) is 2.70. The lowest BCUT2D eigenvalue weighted by molar-refractivity contribution is 1.20. The second-order valence-corrected chi connectivity index (χ2v) is 5.17. The van der Waals surface area contributed by atoms with Gasteiger partial charge in [0, 0.05) is 11.6 Å². The monoisotopic (exact) mass is 268 g/mol. The van der Waals surface area contributed by atoms with Crippen LogP contribution in [-0.2, 0) is 0 Å². The molecule has 2 heterocycles. The van der Waals surface area contributed by atoms with Crippen LogP contribution in [0, 0.1) is 6.92 Å². The number of rotatable bonds is 2.